The smallest absolute Gasteiger partial charge is 0.179 e. The number of aryl methyl sites for hydroxylation is 2. The number of hydrogen-bond acceptors (Lipinski definition) is 0. The van der Waals surface area contributed by atoms with Crippen molar-refractivity contribution in [1.29, 1.82) is 0 Å². The van der Waals surface area contributed by atoms with Gasteiger partial charge in [-0.3, -0.25) is 0 Å². The monoisotopic (exact) mass is 136 g/mol. The predicted octanol–water partition coefficient (Wildman–Crippen LogP) is 1.73. The summed E-state index contributed by atoms with van der Waals surface area (Å²) in [4.78, 5) is 3.21. The molecule has 10 heavy (non-hydrogen) atoms. The van der Waals surface area contributed by atoms with Crippen LogP contribution in [0.15, 0.2) is 6.20 Å². The van der Waals surface area contributed by atoms with Crippen LogP contribution >= 0.6 is 0 Å². The molecule has 0 aromatic carbocycles. The maximum absolute atomic E-state index is 3.21. The largest absolute Gasteiger partial charge is 0.215 e. The molecule has 0 bridgehead atoms. The Labute approximate surface area is 62.1 Å². The van der Waals surface area contributed by atoms with Gasteiger partial charge in [-0.15, -0.1) is 0 Å². The molecule has 54 valence electrons. The molecular weight excluding hydrogens is 122 g/mol. The van der Waals surface area contributed by atoms with E-state index in [4.69, 9.17) is 0 Å². The lowest BCUT2D eigenvalue weighted by Crippen LogP contribution is -2.11. The predicted molar refractivity (Wildman–Crippen MR) is 41.9 cm³/mol. The zero-order valence-electron chi connectivity index (χ0n) is 7.08. The number of pyridine rings is 1. The molecule has 0 aliphatic carbocycles. The molecular formula is C9H14N+. The van der Waals surface area contributed by atoms with Crippen molar-refractivity contribution in [2.24, 2.45) is 0 Å². The summed E-state index contributed by atoms with van der Waals surface area (Å²) in [5.74, 6) is 0. The van der Waals surface area contributed by atoms with Crippen LogP contribution in [-0.2, 0) is 0 Å². The highest BCUT2D eigenvalue weighted by Crippen LogP contribution is 2.10. The Morgan fingerprint density at radius 3 is 2.10 bits per heavy atom. The summed E-state index contributed by atoms with van der Waals surface area (Å²) in [5, 5.41) is 0. The zero-order chi connectivity index (χ0) is 7.72. The summed E-state index contributed by atoms with van der Waals surface area (Å²) >= 11 is 0. The molecule has 1 heterocycles. The van der Waals surface area contributed by atoms with Gasteiger partial charge in [0.2, 0.25) is 0 Å². The second-order valence-corrected chi connectivity index (χ2v) is 2.85. The van der Waals surface area contributed by atoms with Crippen molar-refractivity contribution in [1.82, 2.24) is 0 Å². The Bertz CT molecular complexity index is 224. The lowest BCUT2D eigenvalue weighted by Gasteiger charge is -2.00. The van der Waals surface area contributed by atoms with E-state index in [1.165, 1.54) is 22.4 Å². The van der Waals surface area contributed by atoms with Crippen LogP contribution in [0.25, 0.3) is 0 Å². The van der Waals surface area contributed by atoms with E-state index in [1.54, 1.807) is 0 Å². The van der Waals surface area contributed by atoms with Gasteiger partial charge < -0.3 is 0 Å². The third kappa shape index (κ3) is 1.04. The molecule has 1 aromatic heterocycles. The van der Waals surface area contributed by atoms with Gasteiger partial charge in [-0.05, 0) is 26.3 Å². The average molecular weight is 136 g/mol. The van der Waals surface area contributed by atoms with Crippen LogP contribution in [0.2, 0.25) is 0 Å². The molecule has 1 aromatic rings. The maximum Gasteiger partial charge on any atom is 0.179 e. The summed E-state index contributed by atoms with van der Waals surface area (Å²) in [6.45, 7) is 8.53. The van der Waals surface area contributed by atoms with Gasteiger partial charge in [0, 0.05) is 18.1 Å². The Morgan fingerprint density at radius 2 is 1.60 bits per heavy atom. The Hall–Kier alpha value is -0.850. The van der Waals surface area contributed by atoms with Crippen molar-refractivity contribution in [2.45, 2.75) is 27.7 Å². The Kier molecular flexibility index (Phi) is 1.75. The summed E-state index contributed by atoms with van der Waals surface area (Å²) in [6, 6.07) is 0. The fourth-order valence-electron chi connectivity index (χ4n) is 1.01. The fraction of sp³-hybridized carbons (Fsp3) is 0.444. The second-order valence-electron chi connectivity index (χ2n) is 2.85. The van der Waals surface area contributed by atoms with Crippen molar-refractivity contribution < 1.29 is 4.98 Å². The number of nitrogens with one attached hydrogen (secondary N) is 1. The van der Waals surface area contributed by atoms with Gasteiger partial charge in [-0.2, -0.15) is 0 Å². The first-order valence-corrected chi connectivity index (χ1v) is 3.58. The summed E-state index contributed by atoms with van der Waals surface area (Å²) in [5.41, 5.74) is 5.38. The quantitative estimate of drug-likeness (QED) is 0.516. The third-order valence-electron chi connectivity index (χ3n) is 2.22. The second kappa shape index (κ2) is 2.41. The molecule has 0 fully saturated rings. The summed E-state index contributed by atoms with van der Waals surface area (Å²) < 4.78 is 0. The molecule has 0 spiro atoms. The van der Waals surface area contributed by atoms with Crippen LogP contribution in [0.1, 0.15) is 22.4 Å². The van der Waals surface area contributed by atoms with Crippen molar-refractivity contribution in [3.05, 3.63) is 28.6 Å². The minimum Gasteiger partial charge on any atom is -0.215 e. The van der Waals surface area contributed by atoms with Crippen molar-refractivity contribution >= 4 is 0 Å². The number of hydrogen-bond donors (Lipinski definition) is 0. The molecule has 0 aliphatic rings. The van der Waals surface area contributed by atoms with E-state index >= 15 is 0 Å². The molecule has 0 aliphatic heterocycles. The number of rotatable bonds is 0. The van der Waals surface area contributed by atoms with E-state index in [1.807, 2.05) is 0 Å². The summed E-state index contributed by atoms with van der Waals surface area (Å²) in [7, 11) is 0. The van der Waals surface area contributed by atoms with Crippen molar-refractivity contribution in [3.8, 4) is 0 Å². The van der Waals surface area contributed by atoms with E-state index < -0.39 is 0 Å². The molecule has 1 N–H and O–H groups in total. The number of H-pyrrole nitrogens is 1. The Balaban J connectivity index is 3.34. The van der Waals surface area contributed by atoms with Gasteiger partial charge in [-0.25, -0.2) is 4.98 Å². The zero-order valence-corrected chi connectivity index (χ0v) is 7.08. The minimum absolute atomic E-state index is 1.27. The Morgan fingerprint density at radius 1 is 1.00 bits per heavy atom. The fourth-order valence-corrected chi connectivity index (χ4v) is 1.01. The van der Waals surface area contributed by atoms with E-state index in [0.717, 1.165) is 0 Å². The van der Waals surface area contributed by atoms with Gasteiger partial charge in [-0.1, -0.05) is 0 Å². The standard InChI is InChI=1S/C9H13N/c1-6-5-10-9(4)8(3)7(6)2/h5H,1-4H3/p+1. The van der Waals surface area contributed by atoms with Crippen LogP contribution in [0.4, 0.5) is 0 Å². The maximum atomic E-state index is 3.21. The SMILES string of the molecule is Cc1c[nH+]c(C)c(C)c1C. The molecule has 0 saturated carbocycles. The molecule has 0 atom stereocenters. The highest BCUT2D eigenvalue weighted by molar-refractivity contribution is 5.29. The topological polar surface area (TPSA) is 14.1 Å². The number of aromatic nitrogens is 1. The van der Waals surface area contributed by atoms with E-state index in [9.17, 15) is 0 Å². The van der Waals surface area contributed by atoms with Crippen molar-refractivity contribution in [3.63, 3.8) is 0 Å². The molecule has 1 rings (SSSR count). The minimum atomic E-state index is 1.27. The highest BCUT2D eigenvalue weighted by atomic mass is 14.7. The normalized spacial score (nSPS) is 10.0. The lowest BCUT2D eigenvalue weighted by molar-refractivity contribution is -0.388. The first-order valence-electron chi connectivity index (χ1n) is 3.58. The number of aromatic amines is 1. The van der Waals surface area contributed by atoms with Crippen LogP contribution in [0.5, 0.6) is 0 Å². The lowest BCUT2D eigenvalue weighted by atomic mass is 10.1. The van der Waals surface area contributed by atoms with Gasteiger partial charge in [0.25, 0.3) is 0 Å². The van der Waals surface area contributed by atoms with Gasteiger partial charge in [0.1, 0.15) is 0 Å². The van der Waals surface area contributed by atoms with E-state index in [0.29, 0.717) is 0 Å². The molecule has 0 radical (unpaired) electrons. The molecule has 0 unspecified atom stereocenters. The first kappa shape index (κ1) is 7.26. The van der Waals surface area contributed by atoms with Crippen LogP contribution < -0.4 is 4.98 Å². The summed E-state index contributed by atoms with van der Waals surface area (Å²) in [6.07, 6.45) is 2.05. The molecule has 1 heteroatoms. The highest BCUT2D eigenvalue weighted by Gasteiger charge is 2.04. The van der Waals surface area contributed by atoms with Crippen LogP contribution in [0, 0.1) is 27.7 Å². The van der Waals surface area contributed by atoms with Crippen LogP contribution in [-0.4, -0.2) is 0 Å². The van der Waals surface area contributed by atoms with E-state index in [2.05, 4.69) is 38.9 Å². The van der Waals surface area contributed by atoms with Gasteiger partial charge >= 0.3 is 0 Å². The van der Waals surface area contributed by atoms with Crippen LogP contribution in [0.3, 0.4) is 0 Å². The van der Waals surface area contributed by atoms with Crippen molar-refractivity contribution in [2.75, 3.05) is 0 Å². The van der Waals surface area contributed by atoms with Gasteiger partial charge in [0.05, 0.1) is 0 Å². The third-order valence-corrected chi connectivity index (χ3v) is 2.22. The van der Waals surface area contributed by atoms with Gasteiger partial charge in [0.15, 0.2) is 11.9 Å². The van der Waals surface area contributed by atoms with E-state index in [-0.39, 0.29) is 0 Å². The average Bonchev–Trinajstić information content (AvgIpc) is 1.93. The molecule has 1 nitrogen and oxygen atoms in total. The molecule has 0 saturated heterocycles. The molecule has 0 amide bonds. The first-order chi connectivity index (χ1) is 4.63.